The molecule has 4 nitrogen and oxygen atoms in total. The predicted octanol–water partition coefficient (Wildman–Crippen LogP) is 5.68. The molecule has 36 heavy (non-hydrogen) atoms. The summed E-state index contributed by atoms with van der Waals surface area (Å²) in [6.45, 7) is 4.32. The third-order valence-corrected chi connectivity index (χ3v) is 7.17. The van der Waals surface area contributed by atoms with Gasteiger partial charge in [-0.15, -0.1) is 0 Å². The van der Waals surface area contributed by atoms with Crippen LogP contribution in [0.15, 0.2) is 72.8 Å². The Kier molecular flexibility index (Phi) is 8.52. The maximum Gasteiger partial charge on any atom is 0.243 e. The number of amides is 2. The van der Waals surface area contributed by atoms with Crippen molar-refractivity contribution >= 4 is 11.8 Å². The van der Waals surface area contributed by atoms with Crippen molar-refractivity contribution in [3.8, 4) is 0 Å². The van der Waals surface area contributed by atoms with Crippen LogP contribution in [0.25, 0.3) is 0 Å². The highest BCUT2D eigenvalue weighted by Gasteiger charge is 2.32. The lowest BCUT2D eigenvalue weighted by molar-refractivity contribution is -0.141. The van der Waals surface area contributed by atoms with Gasteiger partial charge >= 0.3 is 0 Å². The Hall–Kier alpha value is -3.47. The molecule has 0 aliphatic heterocycles. The van der Waals surface area contributed by atoms with Crippen LogP contribution in [0.2, 0.25) is 0 Å². The number of rotatable bonds is 9. The second kappa shape index (κ2) is 12.0. The number of nitrogens with zero attached hydrogens (tertiary/aromatic N) is 1. The van der Waals surface area contributed by atoms with Gasteiger partial charge in [0.05, 0.1) is 6.42 Å². The molecular formula is C31H35FN2O2. The zero-order valence-electron chi connectivity index (χ0n) is 21.2. The molecule has 0 saturated heterocycles. The highest BCUT2D eigenvalue weighted by atomic mass is 19.1. The van der Waals surface area contributed by atoms with Gasteiger partial charge in [-0.05, 0) is 66.6 Å². The minimum atomic E-state index is -0.669. The summed E-state index contributed by atoms with van der Waals surface area (Å²) in [5, 5.41) is 3.22. The molecule has 1 saturated carbocycles. The van der Waals surface area contributed by atoms with Gasteiger partial charge in [0.25, 0.3) is 0 Å². The van der Waals surface area contributed by atoms with Crippen molar-refractivity contribution in [1.29, 1.82) is 0 Å². The van der Waals surface area contributed by atoms with Crippen molar-refractivity contribution in [3.05, 3.63) is 106 Å². The van der Waals surface area contributed by atoms with Gasteiger partial charge in [-0.25, -0.2) is 4.39 Å². The minimum Gasteiger partial charge on any atom is -0.352 e. The Labute approximate surface area is 213 Å². The number of benzene rings is 3. The topological polar surface area (TPSA) is 49.4 Å². The number of nitrogens with one attached hydrogen (secondary N) is 1. The minimum absolute atomic E-state index is 0.120. The first-order chi connectivity index (χ1) is 17.4. The molecule has 0 bridgehead atoms. The molecule has 0 radical (unpaired) electrons. The molecule has 1 aliphatic rings. The van der Waals surface area contributed by atoms with E-state index in [1.807, 2.05) is 62.4 Å². The lowest BCUT2D eigenvalue weighted by atomic mass is 10.00. The van der Waals surface area contributed by atoms with E-state index in [4.69, 9.17) is 0 Å². The maximum atomic E-state index is 13.8. The average molecular weight is 487 g/mol. The summed E-state index contributed by atoms with van der Waals surface area (Å²) in [5.74, 6) is -0.571. The van der Waals surface area contributed by atoms with Crippen LogP contribution < -0.4 is 5.32 Å². The summed E-state index contributed by atoms with van der Waals surface area (Å²) in [5.41, 5.74) is 5.00. The van der Waals surface area contributed by atoms with E-state index in [2.05, 4.69) is 5.32 Å². The Balaban J connectivity index is 1.66. The van der Waals surface area contributed by atoms with Gasteiger partial charge in [0.15, 0.2) is 0 Å². The van der Waals surface area contributed by atoms with Crippen LogP contribution in [0, 0.1) is 19.7 Å². The molecule has 3 aromatic carbocycles. The van der Waals surface area contributed by atoms with Crippen LogP contribution in [0.5, 0.6) is 0 Å². The molecule has 4 rings (SSSR count). The quantitative estimate of drug-likeness (QED) is 0.423. The van der Waals surface area contributed by atoms with E-state index < -0.39 is 6.04 Å². The molecule has 1 atom stereocenters. The first-order valence-electron chi connectivity index (χ1n) is 12.8. The Morgan fingerprint density at radius 2 is 1.56 bits per heavy atom. The highest BCUT2D eigenvalue weighted by molar-refractivity contribution is 5.89. The normalized spacial score (nSPS) is 14.4. The van der Waals surface area contributed by atoms with Crippen molar-refractivity contribution in [1.82, 2.24) is 10.2 Å². The molecule has 1 N–H and O–H groups in total. The van der Waals surface area contributed by atoms with Gasteiger partial charge in [-0.1, -0.05) is 73.5 Å². The SMILES string of the molecule is Cc1ccc(CC(=O)N(Cc2ccc(F)cc2)C(Cc2ccccc2)C(=O)NC2CCCC2)cc1C. The molecule has 1 fully saturated rings. The van der Waals surface area contributed by atoms with Gasteiger partial charge in [-0.3, -0.25) is 9.59 Å². The molecular weight excluding hydrogens is 451 g/mol. The van der Waals surface area contributed by atoms with Crippen LogP contribution in [-0.4, -0.2) is 28.8 Å². The van der Waals surface area contributed by atoms with E-state index in [0.717, 1.165) is 47.9 Å². The van der Waals surface area contributed by atoms with E-state index in [9.17, 15) is 14.0 Å². The summed E-state index contributed by atoms with van der Waals surface area (Å²) in [7, 11) is 0. The van der Waals surface area contributed by atoms with Gasteiger partial charge in [0.1, 0.15) is 11.9 Å². The first-order valence-corrected chi connectivity index (χ1v) is 12.8. The van der Waals surface area contributed by atoms with Crippen LogP contribution in [0.3, 0.4) is 0 Å². The zero-order valence-corrected chi connectivity index (χ0v) is 21.2. The van der Waals surface area contributed by atoms with E-state index in [1.165, 1.54) is 17.7 Å². The van der Waals surface area contributed by atoms with Crippen molar-refractivity contribution in [2.45, 2.75) is 71.0 Å². The van der Waals surface area contributed by atoms with E-state index in [1.54, 1.807) is 17.0 Å². The molecule has 1 aliphatic carbocycles. The fraction of sp³-hybridized carbons (Fsp3) is 0.355. The van der Waals surface area contributed by atoms with E-state index in [0.29, 0.717) is 6.42 Å². The summed E-state index contributed by atoms with van der Waals surface area (Å²) in [6.07, 6.45) is 4.78. The monoisotopic (exact) mass is 486 g/mol. The van der Waals surface area contributed by atoms with E-state index >= 15 is 0 Å². The zero-order chi connectivity index (χ0) is 25.5. The molecule has 2 amide bonds. The van der Waals surface area contributed by atoms with Crippen LogP contribution >= 0.6 is 0 Å². The molecule has 1 unspecified atom stereocenters. The maximum absolute atomic E-state index is 13.8. The number of halogens is 1. The van der Waals surface area contributed by atoms with Crippen LogP contribution in [0.4, 0.5) is 4.39 Å². The average Bonchev–Trinajstić information content (AvgIpc) is 3.38. The molecule has 0 spiro atoms. The number of aryl methyl sites for hydroxylation is 2. The summed E-state index contributed by atoms with van der Waals surface area (Å²) in [6, 6.07) is 21.5. The highest BCUT2D eigenvalue weighted by Crippen LogP contribution is 2.21. The van der Waals surface area contributed by atoms with Crippen molar-refractivity contribution in [2.24, 2.45) is 0 Å². The molecule has 3 aromatic rings. The number of carbonyl (C=O) groups excluding carboxylic acids is 2. The first kappa shape index (κ1) is 25.6. The summed E-state index contributed by atoms with van der Waals surface area (Å²) < 4.78 is 13.6. The van der Waals surface area contributed by atoms with Crippen molar-refractivity contribution < 1.29 is 14.0 Å². The van der Waals surface area contributed by atoms with Gasteiger partial charge < -0.3 is 10.2 Å². The Bertz CT molecular complexity index is 1170. The predicted molar refractivity (Wildman–Crippen MR) is 141 cm³/mol. The smallest absolute Gasteiger partial charge is 0.243 e. The van der Waals surface area contributed by atoms with Crippen LogP contribution in [0.1, 0.15) is 53.5 Å². The Morgan fingerprint density at radius 3 is 2.22 bits per heavy atom. The third kappa shape index (κ3) is 6.81. The largest absolute Gasteiger partial charge is 0.352 e. The van der Waals surface area contributed by atoms with Gasteiger partial charge in [0, 0.05) is 19.0 Å². The fourth-order valence-electron chi connectivity index (χ4n) is 4.90. The Morgan fingerprint density at radius 1 is 0.889 bits per heavy atom. The lowest BCUT2D eigenvalue weighted by Gasteiger charge is -2.32. The summed E-state index contributed by atoms with van der Waals surface area (Å²) >= 11 is 0. The molecule has 0 aromatic heterocycles. The third-order valence-electron chi connectivity index (χ3n) is 7.17. The van der Waals surface area contributed by atoms with E-state index in [-0.39, 0.29) is 36.6 Å². The lowest BCUT2D eigenvalue weighted by Crippen LogP contribution is -2.52. The molecule has 5 heteroatoms. The van der Waals surface area contributed by atoms with Crippen molar-refractivity contribution in [3.63, 3.8) is 0 Å². The molecule has 0 heterocycles. The number of hydrogen-bond acceptors (Lipinski definition) is 2. The standard InChI is InChI=1S/C31H35FN2O2/c1-22-12-13-26(18-23(22)2)20-30(35)34(21-25-14-16-27(32)17-15-25)29(19-24-8-4-3-5-9-24)31(36)33-28-10-6-7-11-28/h3-5,8-9,12-18,28-29H,6-7,10-11,19-21H2,1-2H3,(H,33,36). The summed E-state index contributed by atoms with van der Waals surface area (Å²) in [4.78, 5) is 29.2. The fourth-order valence-corrected chi connectivity index (χ4v) is 4.90. The number of carbonyl (C=O) groups is 2. The second-order valence-corrected chi connectivity index (χ2v) is 9.94. The number of hydrogen-bond donors (Lipinski definition) is 1. The van der Waals surface area contributed by atoms with Crippen molar-refractivity contribution in [2.75, 3.05) is 0 Å². The van der Waals surface area contributed by atoms with Gasteiger partial charge in [-0.2, -0.15) is 0 Å². The van der Waals surface area contributed by atoms with Crippen LogP contribution in [-0.2, 0) is 29.0 Å². The van der Waals surface area contributed by atoms with Gasteiger partial charge in [0.2, 0.25) is 11.8 Å². The molecule has 188 valence electrons. The second-order valence-electron chi connectivity index (χ2n) is 9.94.